The predicted octanol–water partition coefficient (Wildman–Crippen LogP) is 2.57. The molecule has 1 N–H and O–H groups in total. The lowest BCUT2D eigenvalue weighted by molar-refractivity contribution is 0.480. The van der Waals surface area contributed by atoms with Gasteiger partial charge in [0.2, 0.25) is 0 Å². The number of aromatic nitrogens is 1. The van der Waals surface area contributed by atoms with Gasteiger partial charge in [-0.2, -0.15) is 0 Å². The van der Waals surface area contributed by atoms with E-state index in [4.69, 9.17) is 4.98 Å². The van der Waals surface area contributed by atoms with E-state index >= 15 is 0 Å². The Bertz CT molecular complexity index is 351. The third-order valence-electron chi connectivity index (χ3n) is 3.45. The van der Waals surface area contributed by atoms with Crippen molar-refractivity contribution < 1.29 is 0 Å². The monoisotopic (exact) mass is 233 g/mol. The normalized spacial score (nSPS) is 20.6. The average Bonchev–Trinajstić information content (AvgIpc) is 2.37. The third kappa shape index (κ3) is 3.19. The van der Waals surface area contributed by atoms with Gasteiger partial charge in [0, 0.05) is 19.1 Å². The molecule has 0 bridgehead atoms. The van der Waals surface area contributed by atoms with Crippen molar-refractivity contribution in [2.45, 2.75) is 45.7 Å². The molecule has 2 rings (SSSR count). The zero-order valence-electron chi connectivity index (χ0n) is 10.9. The summed E-state index contributed by atoms with van der Waals surface area (Å²) in [6.45, 7) is 7.44. The highest BCUT2D eigenvalue weighted by Gasteiger charge is 2.19. The molecule has 94 valence electrons. The van der Waals surface area contributed by atoms with Crippen molar-refractivity contribution in [3.05, 3.63) is 23.9 Å². The van der Waals surface area contributed by atoms with E-state index < -0.39 is 0 Å². The second-order valence-corrected chi connectivity index (χ2v) is 4.81. The molecule has 3 heteroatoms. The van der Waals surface area contributed by atoms with Crippen LogP contribution in [0.1, 0.15) is 38.8 Å². The molecule has 0 radical (unpaired) electrons. The number of pyridine rings is 1. The van der Waals surface area contributed by atoms with E-state index in [0.717, 1.165) is 31.1 Å². The molecular formula is C14H23N3. The summed E-state index contributed by atoms with van der Waals surface area (Å²) in [5, 5.41) is 3.32. The average molecular weight is 233 g/mol. The molecule has 1 aromatic rings. The molecule has 0 aromatic carbocycles. The zero-order valence-corrected chi connectivity index (χ0v) is 10.9. The van der Waals surface area contributed by atoms with Crippen LogP contribution in [-0.4, -0.2) is 24.1 Å². The van der Waals surface area contributed by atoms with Crippen molar-refractivity contribution in [2.24, 2.45) is 0 Å². The first-order valence-corrected chi connectivity index (χ1v) is 6.74. The predicted molar refractivity (Wildman–Crippen MR) is 72.3 cm³/mol. The van der Waals surface area contributed by atoms with Gasteiger partial charge in [-0.15, -0.1) is 0 Å². The number of nitrogens with zero attached hydrogens (tertiary/aromatic N) is 2. The van der Waals surface area contributed by atoms with Gasteiger partial charge in [-0.1, -0.05) is 13.0 Å². The number of nitrogens with one attached hydrogen (secondary N) is 1. The maximum absolute atomic E-state index is 4.75. The Kier molecular flexibility index (Phi) is 4.37. The van der Waals surface area contributed by atoms with Crippen LogP contribution in [0.2, 0.25) is 0 Å². The van der Waals surface area contributed by atoms with Gasteiger partial charge in [-0.3, -0.25) is 0 Å². The first-order chi connectivity index (χ1) is 8.31. The van der Waals surface area contributed by atoms with Crippen LogP contribution < -0.4 is 10.2 Å². The first-order valence-electron chi connectivity index (χ1n) is 6.74. The highest BCUT2D eigenvalue weighted by molar-refractivity contribution is 5.40. The summed E-state index contributed by atoms with van der Waals surface area (Å²) in [6, 6.07) is 6.99. The molecule has 2 heterocycles. The fraction of sp³-hybridized carbons (Fsp3) is 0.643. The standard InChI is InChI=1S/C14H23N3/c1-3-15-11-13-8-6-9-14(16-13)17-10-5-4-7-12(17)2/h6,8-9,12,15H,3-5,7,10-11H2,1-2H3. The van der Waals surface area contributed by atoms with Gasteiger partial charge < -0.3 is 10.2 Å². The second-order valence-electron chi connectivity index (χ2n) is 4.81. The molecule has 0 spiro atoms. The Balaban J connectivity index is 2.08. The number of hydrogen-bond acceptors (Lipinski definition) is 3. The van der Waals surface area contributed by atoms with Gasteiger partial charge >= 0.3 is 0 Å². The van der Waals surface area contributed by atoms with Crippen molar-refractivity contribution in [1.82, 2.24) is 10.3 Å². The minimum Gasteiger partial charge on any atom is -0.354 e. The highest BCUT2D eigenvalue weighted by Crippen LogP contribution is 2.22. The van der Waals surface area contributed by atoms with Crippen molar-refractivity contribution in [2.75, 3.05) is 18.0 Å². The molecule has 0 aliphatic carbocycles. The zero-order chi connectivity index (χ0) is 12.1. The minimum absolute atomic E-state index is 0.630. The topological polar surface area (TPSA) is 28.2 Å². The maximum Gasteiger partial charge on any atom is 0.129 e. The van der Waals surface area contributed by atoms with Gasteiger partial charge in [0.1, 0.15) is 5.82 Å². The smallest absolute Gasteiger partial charge is 0.129 e. The van der Waals surface area contributed by atoms with Crippen molar-refractivity contribution >= 4 is 5.82 Å². The van der Waals surface area contributed by atoms with Crippen LogP contribution in [-0.2, 0) is 6.54 Å². The SMILES string of the molecule is CCNCc1cccc(N2CCCCC2C)n1. The van der Waals surface area contributed by atoms with Gasteiger partial charge in [0.05, 0.1) is 5.69 Å². The summed E-state index contributed by atoms with van der Waals surface area (Å²) in [7, 11) is 0. The Morgan fingerprint density at radius 3 is 3.06 bits per heavy atom. The second kappa shape index (κ2) is 6.01. The van der Waals surface area contributed by atoms with Crippen LogP contribution in [0.15, 0.2) is 18.2 Å². The van der Waals surface area contributed by atoms with E-state index in [-0.39, 0.29) is 0 Å². The molecule has 17 heavy (non-hydrogen) atoms. The number of anilines is 1. The number of hydrogen-bond donors (Lipinski definition) is 1. The van der Waals surface area contributed by atoms with E-state index in [1.165, 1.54) is 19.3 Å². The van der Waals surface area contributed by atoms with Crippen LogP contribution >= 0.6 is 0 Å². The molecule has 0 saturated carbocycles. The maximum atomic E-state index is 4.75. The Hall–Kier alpha value is -1.09. The first kappa shape index (κ1) is 12.4. The van der Waals surface area contributed by atoms with Crippen molar-refractivity contribution in [3.8, 4) is 0 Å². The molecule has 1 fully saturated rings. The van der Waals surface area contributed by atoms with Gasteiger partial charge in [-0.05, 0) is 44.9 Å². The van der Waals surface area contributed by atoms with E-state index in [0.29, 0.717) is 6.04 Å². The van der Waals surface area contributed by atoms with E-state index in [1.54, 1.807) is 0 Å². The summed E-state index contributed by atoms with van der Waals surface area (Å²) < 4.78 is 0. The van der Waals surface area contributed by atoms with E-state index in [9.17, 15) is 0 Å². The highest BCUT2D eigenvalue weighted by atomic mass is 15.2. The molecule has 1 aliphatic rings. The molecule has 1 aromatic heterocycles. The van der Waals surface area contributed by atoms with E-state index in [2.05, 4.69) is 42.3 Å². The Labute approximate surface area is 104 Å². The summed E-state index contributed by atoms with van der Waals surface area (Å²) in [6.07, 6.45) is 3.94. The van der Waals surface area contributed by atoms with Crippen LogP contribution in [0.5, 0.6) is 0 Å². The molecule has 1 saturated heterocycles. The summed E-state index contributed by atoms with van der Waals surface area (Å²) >= 11 is 0. The lowest BCUT2D eigenvalue weighted by Crippen LogP contribution is -2.38. The molecule has 0 amide bonds. The summed E-state index contributed by atoms with van der Waals surface area (Å²) in [5.74, 6) is 1.15. The van der Waals surface area contributed by atoms with Gasteiger partial charge in [0.15, 0.2) is 0 Å². The van der Waals surface area contributed by atoms with Crippen LogP contribution in [0.3, 0.4) is 0 Å². The quantitative estimate of drug-likeness (QED) is 0.866. The minimum atomic E-state index is 0.630. The molecule has 1 atom stereocenters. The number of piperidine rings is 1. The molecule has 1 aliphatic heterocycles. The lowest BCUT2D eigenvalue weighted by Gasteiger charge is -2.34. The fourth-order valence-corrected chi connectivity index (χ4v) is 2.42. The Morgan fingerprint density at radius 1 is 1.41 bits per heavy atom. The Morgan fingerprint density at radius 2 is 2.29 bits per heavy atom. The summed E-state index contributed by atoms with van der Waals surface area (Å²) in [4.78, 5) is 7.19. The van der Waals surface area contributed by atoms with Crippen molar-refractivity contribution in [1.29, 1.82) is 0 Å². The van der Waals surface area contributed by atoms with Crippen molar-refractivity contribution in [3.63, 3.8) is 0 Å². The van der Waals surface area contributed by atoms with Gasteiger partial charge in [0.25, 0.3) is 0 Å². The lowest BCUT2D eigenvalue weighted by atomic mass is 10.0. The molecule has 1 unspecified atom stereocenters. The fourth-order valence-electron chi connectivity index (χ4n) is 2.42. The molecular weight excluding hydrogens is 210 g/mol. The van der Waals surface area contributed by atoms with E-state index in [1.807, 2.05) is 0 Å². The van der Waals surface area contributed by atoms with Crippen LogP contribution in [0, 0.1) is 0 Å². The number of rotatable bonds is 4. The third-order valence-corrected chi connectivity index (χ3v) is 3.45. The largest absolute Gasteiger partial charge is 0.354 e. The summed E-state index contributed by atoms with van der Waals surface area (Å²) in [5.41, 5.74) is 1.14. The molecule has 3 nitrogen and oxygen atoms in total. The van der Waals surface area contributed by atoms with Crippen LogP contribution in [0.4, 0.5) is 5.82 Å². The van der Waals surface area contributed by atoms with Crippen LogP contribution in [0.25, 0.3) is 0 Å². The van der Waals surface area contributed by atoms with Gasteiger partial charge in [-0.25, -0.2) is 4.98 Å².